The van der Waals surface area contributed by atoms with Crippen LogP contribution in [0.2, 0.25) is 5.02 Å². The van der Waals surface area contributed by atoms with Gasteiger partial charge in [0.15, 0.2) is 0 Å². The van der Waals surface area contributed by atoms with E-state index >= 15 is 0 Å². The number of halogens is 2. The van der Waals surface area contributed by atoms with Gasteiger partial charge >= 0.3 is 0 Å². The highest BCUT2D eigenvalue weighted by atomic mass is 35.5. The van der Waals surface area contributed by atoms with Gasteiger partial charge in [-0.25, -0.2) is 4.39 Å². The summed E-state index contributed by atoms with van der Waals surface area (Å²) in [7, 11) is 0. The summed E-state index contributed by atoms with van der Waals surface area (Å²) < 4.78 is 14.2. The van der Waals surface area contributed by atoms with Crippen molar-refractivity contribution in [2.24, 2.45) is 5.73 Å². The second-order valence-electron chi connectivity index (χ2n) is 5.67. The molecule has 1 aliphatic heterocycles. The first-order valence-electron chi connectivity index (χ1n) is 7.10. The van der Waals surface area contributed by atoms with Gasteiger partial charge in [-0.15, -0.1) is 0 Å². The van der Waals surface area contributed by atoms with E-state index in [1.807, 2.05) is 0 Å². The number of carbonyl (C=O) groups is 1. The lowest BCUT2D eigenvalue weighted by atomic mass is 9.95. The van der Waals surface area contributed by atoms with E-state index in [9.17, 15) is 9.18 Å². The molecule has 2 aliphatic rings. The fourth-order valence-electron chi connectivity index (χ4n) is 3.07. The molecule has 20 heavy (non-hydrogen) atoms. The number of rotatable bonds is 2. The number of amides is 1. The molecule has 2 atom stereocenters. The van der Waals surface area contributed by atoms with Crippen LogP contribution >= 0.6 is 11.6 Å². The second kappa shape index (κ2) is 5.34. The zero-order valence-electron chi connectivity index (χ0n) is 11.2. The highest BCUT2D eigenvalue weighted by Crippen LogP contribution is 2.41. The van der Waals surface area contributed by atoms with Crippen LogP contribution < -0.4 is 5.73 Å². The summed E-state index contributed by atoms with van der Waals surface area (Å²) >= 11 is 6.19. The first-order valence-corrected chi connectivity index (χ1v) is 7.48. The standard InChI is InChI=1S/C15H18ClFN2O/c16-10-3-1-4-11(17)14(10)15-12(18)5-2-6-13(20)19(15)9-7-8-9/h1,3-4,9,12,15H,2,5-8,18H2. The third-order valence-electron chi connectivity index (χ3n) is 4.16. The van der Waals surface area contributed by atoms with Crippen molar-refractivity contribution in [3.05, 3.63) is 34.6 Å². The molecule has 2 fully saturated rings. The van der Waals surface area contributed by atoms with E-state index in [-0.39, 0.29) is 23.8 Å². The summed E-state index contributed by atoms with van der Waals surface area (Å²) in [4.78, 5) is 14.1. The Kier molecular flexibility index (Phi) is 3.69. The third kappa shape index (κ3) is 2.42. The van der Waals surface area contributed by atoms with E-state index in [2.05, 4.69) is 0 Å². The number of likely N-dealkylation sites (tertiary alicyclic amines) is 1. The molecule has 1 aromatic carbocycles. The van der Waals surface area contributed by atoms with Crippen molar-refractivity contribution in [3.63, 3.8) is 0 Å². The maximum atomic E-state index is 14.2. The molecule has 1 saturated heterocycles. The van der Waals surface area contributed by atoms with Crippen molar-refractivity contribution in [2.75, 3.05) is 0 Å². The maximum absolute atomic E-state index is 14.2. The van der Waals surface area contributed by atoms with E-state index in [1.54, 1.807) is 17.0 Å². The van der Waals surface area contributed by atoms with Gasteiger partial charge < -0.3 is 10.6 Å². The molecular formula is C15H18ClFN2O. The molecule has 0 spiro atoms. The Morgan fingerprint density at radius 1 is 1.30 bits per heavy atom. The summed E-state index contributed by atoms with van der Waals surface area (Å²) in [5.74, 6) is -0.303. The molecule has 2 unspecified atom stereocenters. The highest BCUT2D eigenvalue weighted by molar-refractivity contribution is 6.31. The largest absolute Gasteiger partial charge is 0.331 e. The lowest BCUT2D eigenvalue weighted by molar-refractivity contribution is -0.134. The molecule has 1 heterocycles. The van der Waals surface area contributed by atoms with E-state index in [0.29, 0.717) is 23.4 Å². The van der Waals surface area contributed by atoms with Gasteiger partial charge in [0, 0.05) is 29.1 Å². The van der Waals surface area contributed by atoms with Gasteiger partial charge in [0.25, 0.3) is 0 Å². The molecular weight excluding hydrogens is 279 g/mol. The monoisotopic (exact) mass is 296 g/mol. The molecule has 2 N–H and O–H groups in total. The summed E-state index contributed by atoms with van der Waals surface area (Å²) in [6.45, 7) is 0. The fourth-order valence-corrected chi connectivity index (χ4v) is 3.34. The van der Waals surface area contributed by atoms with Crippen molar-refractivity contribution in [3.8, 4) is 0 Å². The smallest absolute Gasteiger partial charge is 0.223 e. The van der Waals surface area contributed by atoms with Crippen LogP contribution in [-0.2, 0) is 4.79 Å². The van der Waals surface area contributed by atoms with Gasteiger partial charge in [0.05, 0.1) is 6.04 Å². The van der Waals surface area contributed by atoms with Crippen LogP contribution in [0, 0.1) is 5.82 Å². The second-order valence-corrected chi connectivity index (χ2v) is 6.08. The van der Waals surface area contributed by atoms with Crippen molar-refractivity contribution in [2.45, 2.75) is 50.2 Å². The van der Waals surface area contributed by atoms with Crippen LogP contribution in [-0.4, -0.2) is 22.9 Å². The number of hydrogen-bond acceptors (Lipinski definition) is 2. The first-order chi connectivity index (χ1) is 9.59. The number of benzene rings is 1. The van der Waals surface area contributed by atoms with Crippen molar-refractivity contribution in [1.82, 2.24) is 4.90 Å². The van der Waals surface area contributed by atoms with Crippen LogP contribution in [0.5, 0.6) is 0 Å². The van der Waals surface area contributed by atoms with Gasteiger partial charge in [0.1, 0.15) is 5.82 Å². The molecule has 5 heteroatoms. The van der Waals surface area contributed by atoms with E-state index < -0.39 is 6.04 Å². The van der Waals surface area contributed by atoms with Crippen LogP contribution in [0.1, 0.15) is 43.7 Å². The Morgan fingerprint density at radius 3 is 2.70 bits per heavy atom. The van der Waals surface area contributed by atoms with Gasteiger partial charge in [0.2, 0.25) is 5.91 Å². The summed E-state index contributed by atoms with van der Waals surface area (Å²) in [6.07, 6.45) is 3.91. The van der Waals surface area contributed by atoms with Crippen molar-refractivity contribution in [1.29, 1.82) is 0 Å². The van der Waals surface area contributed by atoms with Crippen LogP contribution in [0.3, 0.4) is 0 Å². The Hall–Kier alpha value is -1.13. The van der Waals surface area contributed by atoms with Crippen LogP contribution in [0.25, 0.3) is 0 Å². The Labute approximate surface area is 122 Å². The predicted octanol–water partition coefficient (Wildman–Crippen LogP) is 3.02. The molecule has 0 radical (unpaired) electrons. The maximum Gasteiger partial charge on any atom is 0.223 e. The van der Waals surface area contributed by atoms with Crippen molar-refractivity contribution < 1.29 is 9.18 Å². The summed E-state index contributed by atoms with van der Waals surface area (Å²) in [5.41, 5.74) is 6.63. The Balaban J connectivity index is 2.07. The lowest BCUT2D eigenvalue weighted by Crippen LogP contribution is -2.44. The molecule has 1 amide bonds. The number of hydrogen-bond donors (Lipinski definition) is 1. The molecule has 3 rings (SSSR count). The summed E-state index contributed by atoms with van der Waals surface area (Å²) in [6, 6.07) is 4.11. The van der Waals surface area contributed by atoms with E-state index in [4.69, 9.17) is 17.3 Å². The predicted molar refractivity (Wildman–Crippen MR) is 75.8 cm³/mol. The van der Waals surface area contributed by atoms with Gasteiger partial charge in [-0.3, -0.25) is 4.79 Å². The first kappa shape index (κ1) is 13.8. The van der Waals surface area contributed by atoms with E-state index in [1.165, 1.54) is 6.07 Å². The van der Waals surface area contributed by atoms with Crippen LogP contribution in [0.4, 0.5) is 4.39 Å². The molecule has 3 nitrogen and oxygen atoms in total. The molecule has 0 aromatic heterocycles. The average molecular weight is 297 g/mol. The SMILES string of the molecule is NC1CCCC(=O)N(C2CC2)C1c1c(F)cccc1Cl. The quantitative estimate of drug-likeness (QED) is 0.912. The van der Waals surface area contributed by atoms with Gasteiger partial charge in [-0.05, 0) is 37.8 Å². The topological polar surface area (TPSA) is 46.3 Å². The number of nitrogens with zero attached hydrogens (tertiary/aromatic N) is 1. The fraction of sp³-hybridized carbons (Fsp3) is 0.533. The Bertz CT molecular complexity index is 512. The van der Waals surface area contributed by atoms with Gasteiger partial charge in [-0.1, -0.05) is 17.7 Å². The molecule has 108 valence electrons. The van der Waals surface area contributed by atoms with Crippen molar-refractivity contribution >= 4 is 17.5 Å². The molecule has 1 aliphatic carbocycles. The number of nitrogens with two attached hydrogens (primary N) is 1. The minimum atomic E-state index is -0.439. The zero-order chi connectivity index (χ0) is 14.3. The normalized spacial score (nSPS) is 27.6. The zero-order valence-corrected chi connectivity index (χ0v) is 11.9. The minimum Gasteiger partial charge on any atom is -0.331 e. The third-order valence-corrected chi connectivity index (χ3v) is 4.49. The van der Waals surface area contributed by atoms with Crippen LogP contribution in [0.15, 0.2) is 18.2 Å². The molecule has 1 aromatic rings. The summed E-state index contributed by atoms with van der Waals surface area (Å²) in [5, 5.41) is 0.353. The number of carbonyl (C=O) groups excluding carboxylic acids is 1. The lowest BCUT2D eigenvalue weighted by Gasteiger charge is -2.34. The molecule has 1 saturated carbocycles. The minimum absolute atomic E-state index is 0.0739. The average Bonchev–Trinajstić information content (AvgIpc) is 3.20. The molecule has 0 bridgehead atoms. The van der Waals surface area contributed by atoms with E-state index in [0.717, 1.165) is 19.3 Å². The van der Waals surface area contributed by atoms with Gasteiger partial charge in [-0.2, -0.15) is 0 Å². The Morgan fingerprint density at radius 2 is 2.05 bits per heavy atom. The highest BCUT2D eigenvalue weighted by Gasteiger charge is 2.43.